The lowest BCUT2D eigenvalue weighted by molar-refractivity contribution is 0.255. The molecule has 0 unspecified atom stereocenters. The molecule has 0 radical (unpaired) electrons. The van der Waals surface area contributed by atoms with Gasteiger partial charge in [0.2, 0.25) is 0 Å². The van der Waals surface area contributed by atoms with E-state index in [0.717, 1.165) is 5.56 Å². The van der Waals surface area contributed by atoms with E-state index in [-0.39, 0.29) is 6.03 Å². The van der Waals surface area contributed by atoms with Crippen molar-refractivity contribution in [2.75, 3.05) is 11.1 Å². The van der Waals surface area contributed by atoms with Crippen molar-refractivity contribution in [3.05, 3.63) is 65.3 Å². The Balaban J connectivity index is 1.89. The van der Waals surface area contributed by atoms with Gasteiger partial charge in [-0.1, -0.05) is 29.8 Å². The summed E-state index contributed by atoms with van der Waals surface area (Å²) in [4.78, 5) is 11.6. The van der Waals surface area contributed by atoms with Gasteiger partial charge in [0.25, 0.3) is 0 Å². The average molecular weight is 288 g/mol. The predicted octanol–water partition coefficient (Wildman–Crippen LogP) is 3.71. The predicted molar refractivity (Wildman–Crippen MR) is 83.5 cm³/mol. The maximum atomic E-state index is 11.6. The van der Waals surface area contributed by atoms with E-state index in [1.165, 1.54) is 6.20 Å². The van der Waals surface area contributed by atoms with Crippen molar-refractivity contribution in [2.45, 2.75) is 0 Å². The monoisotopic (exact) mass is 287 g/mol. The van der Waals surface area contributed by atoms with E-state index in [1.54, 1.807) is 36.4 Å². The van der Waals surface area contributed by atoms with Crippen molar-refractivity contribution >= 4 is 35.1 Å². The Morgan fingerprint density at radius 3 is 2.50 bits per heavy atom. The lowest BCUT2D eigenvalue weighted by Crippen LogP contribution is -2.23. The first kappa shape index (κ1) is 14.0. The van der Waals surface area contributed by atoms with Crippen LogP contribution in [0.4, 0.5) is 16.2 Å². The fourth-order valence-corrected chi connectivity index (χ4v) is 1.75. The minimum Gasteiger partial charge on any atom is -0.399 e. The Morgan fingerprint density at radius 2 is 1.80 bits per heavy atom. The number of nitrogens with two attached hydrogens (primary N) is 1. The molecule has 2 amide bonds. The van der Waals surface area contributed by atoms with Crippen LogP contribution in [0.2, 0.25) is 5.02 Å². The van der Waals surface area contributed by atoms with Crippen molar-refractivity contribution < 1.29 is 4.79 Å². The molecule has 2 rings (SSSR count). The zero-order valence-electron chi connectivity index (χ0n) is 10.6. The highest BCUT2D eigenvalue weighted by Crippen LogP contribution is 2.15. The van der Waals surface area contributed by atoms with E-state index in [4.69, 9.17) is 17.3 Å². The quantitative estimate of drug-likeness (QED) is 0.753. The zero-order valence-corrected chi connectivity index (χ0v) is 11.4. The third-order valence-corrected chi connectivity index (χ3v) is 2.90. The summed E-state index contributed by atoms with van der Waals surface area (Å²) in [6, 6.07) is 13.9. The van der Waals surface area contributed by atoms with Crippen LogP contribution in [0.3, 0.4) is 0 Å². The van der Waals surface area contributed by atoms with E-state index in [2.05, 4.69) is 10.6 Å². The average Bonchev–Trinajstić information content (AvgIpc) is 2.43. The van der Waals surface area contributed by atoms with E-state index < -0.39 is 0 Å². The summed E-state index contributed by atoms with van der Waals surface area (Å²) in [5, 5.41) is 5.91. The molecule has 0 spiro atoms. The van der Waals surface area contributed by atoms with Crippen LogP contribution in [0.1, 0.15) is 5.56 Å². The first-order valence-corrected chi connectivity index (χ1v) is 6.37. The van der Waals surface area contributed by atoms with Crippen LogP contribution in [0.25, 0.3) is 6.08 Å². The molecule has 0 atom stereocenters. The van der Waals surface area contributed by atoms with Crippen LogP contribution in [0.5, 0.6) is 0 Å². The Kier molecular flexibility index (Phi) is 4.63. The smallest absolute Gasteiger partial charge is 0.323 e. The van der Waals surface area contributed by atoms with Gasteiger partial charge in [0.1, 0.15) is 0 Å². The summed E-state index contributed by atoms with van der Waals surface area (Å²) in [6.07, 6.45) is 3.26. The number of halogens is 1. The van der Waals surface area contributed by atoms with E-state index in [9.17, 15) is 4.79 Å². The number of hydrogen-bond donors (Lipinski definition) is 3. The van der Waals surface area contributed by atoms with Crippen molar-refractivity contribution in [2.24, 2.45) is 0 Å². The van der Waals surface area contributed by atoms with Gasteiger partial charge in [0.15, 0.2) is 0 Å². The van der Waals surface area contributed by atoms with Gasteiger partial charge >= 0.3 is 6.03 Å². The molecule has 0 aliphatic carbocycles. The van der Waals surface area contributed by atoms with E-state index in [0.29, 0.717) is 16.4 Å². The maximum absolute atomic E-state index is 11.6. The SMILES string of the molecule is Nc1ccc(NC(=O)N/C=C/c2ccccc2Cl)cc1. The second-order valence-electron chi connectivity index (χ2n) is 4.08. The number of nitrogens with one attached hydrogen (secondary N) is 2. The number of rotatable bonds is 3. The first-order valence-electron chi connectivity index (χ1n) is 5.99. The van der Waals surface area contributed by atoms with Crippen molar-refractivity contribution in [1.82, 2.24) is 5.32 Å². The van der Waals surface area contributed by atoms with E-state index in [1.807, 2.05) is 18.2 Å². The van der Waals surface area contributed by atoms with Gasteiger partial charge in [0.05, 0.1) is 0 Å². The Labute approximate surface area is 122 Å². The summed E-state index contributed by atoms with van der Waals surface area (Å²) in [6.45, 7) is 0. The lowest BCUT2D eigenvalue weighted by atomic mass is 10.2. The maximum Gasteiger partial charge on any atom is 0.323 e. The Bertz CT molecular complexity index is 623. The molecule has 0 bridgehead atoms. The van der Waals surface area contributed by atoms with Gasteiger partial charge in [-0.15, -0.1) is 0 Å². The van der Waals surface area contributed by atoms with Crippen molar-refractivity contribution in [3.8, 4) is 0 Å². The number of benzene rings is 2. The number of amides is 2. The number of hydrogen-bond acceptors (Lipinski definition) is 2. The third kappa shape index (κ3) is 4.03. The van der Waals surface area contributed by atoms with Gasteiger partial charge in [-0.2, -0.15) is 0 Å². The van der Waals surface area contributed by atoms with Crippen LogP contribution in [0.15, 0.2) is 54.7 Å². The highest BCUT2D eigenvalue weighted by atomic mass is 35.5. The van der Waals surface area contributed by atoms with Crippen molar-refractivity contribution in [3.63, 3.8) is 0 Å². The number of urea groups is 1. The number of carbonyl (C=O) groups excluding carboxylic acids is 1. The topological polar surface area (TPSA) is 67.1 Å². The molecule has 0 aromatic heterocycles. The summed E-state index contributed by atoms with van der Waals surface area (Å²) in [7, 11) is 0. The summed E-state index contributed by atoms with van der Waals surface area (Å²) in [5.41, 5.74) is 7.72. The van der Waals surface area contributed by atoms with Gasteiger partial charge in [-0.3, -0.25) is 0 Å². The first-order chi connectivity index (χ1) is 9.65. The van der Waals surface area contributed by atoms with Crippen molar-refractivity contribution in [1.29, 1.82) is 0 Å². The van der Waals surface area contributed by atoms with Crippen LogP contribution in [-0.4, -0.2) is 6.03 Å². The molecule has 5 heteroatoms. The van der Waals surface area contributed by atoms with Crippen LogP contribution in [0, 0.1) is 0 Å². The zero-order chi connectivity index (χ0) is 14.4. The highest BCUT2D eigenvalue weighted by Gasteiger charge is 1.99. The summed E-state index contributed by atoms with van der Waals surface area (Å²) >= 11 is 5.99. The summed E-state index contributed by atoms with van der Waals surface area (Å²) < 4.78 is 0. The molecule has 0 saturated heterocycles. The van der Waals surface area contributed by atoms with Crippen LogP contribution >= 0.6 is 11.6 Å². The van der Waals surface area contributed by atoms with Crippen LogP contribution < -0.4 is 16.4 Å². The molecule has 2 aromatic rings. The molecule has 4 N–H and O–H groups in total. The Hall–Kier alpha value is -2.46. The Morgan fingerprint density at radius 1 is 1.10 bits per heavy atom. The van der Waals surface area contributed by atoms with E-state index >= 15 is 0 Å². The molecular weight excluding hydrogens is 274 g/mol. The molecular formula is C15H14ClN3O. The molecule has 20 heavy (non-hydrogen) atoms. The fourth-order valence-electron chi connectivity index (χ4n) is 1.55. The van der Waals surface area contributed by atoms with Gasteiger partial charge < -0.3 is 16.4 Å². The van der Waals surface area contributed by atoms with Gasteiger partial charge in [-0.25, -0.2) is 4.79 Å². The standard InChI is InChI=1S/C15H14ClN3O/c16-14-4-2-1-3-11(14)9-10-18-15(20)19-13-7-5-12(17)6-8-13/h1-10H,17H2,(H2,18,19,20)/b10-9+. The highest BCUT2D eigenvalue weighted by molar-refractivity contribution is 6.32. The van der Waals surface area contributed by atoms with Gasteiger partial charge in [0, 0.05) is 22.6 Å². The summed E-state index contributed by atoms with van der Waals surface area (Å²) in [5.74, 6) is 0. The molecule has 0 fully saturated rings. The number of nitrogen functional groups attached to an aromatic ring is 1. The van der Waals surface area contributed by atoms with Crippen LogP contribution in [-0.2, 0) is 0 Å². The second-order valence-corrected chi connectivity index (χ2v) is 4.48. The lowest BCUT2D eigenvalue weighted by Gasteiger charge is -2.04. The fraction of sp³-hybridized carbons (Fsp3) is 0. The molecule has 0 heterocycles. The third-order valence-electron chi connectivity index (χ3n) is 2.55. The number of anilines is 2. The molecule has 102 valence electrons. The molecule has 2 aromatic carbocycles. The minimum absolute atomic E-state index is 0.335. The molecule has 0 saturated carbocycles. The minimum atomic E-state index is -0.335. The largest absolute Gasteiger partial charge is 0.399 e. The molecule has 0 aliphatic rings. The number of carbonyl (C=O) groups is 1. The molecule has 4 nitrogen and oxygen atoms in total. The van der Waals surface area contributed by atoms with Gasteiger partial charge in [-0.05, 0) is 42.0 Å². The molecule has 0 aliphatic heterocycles. The second kappa shape index (κ2) is 6.63. The normalized spacial score (nSPS) is 10.4.